The number of hydrogen-bond donors (Lipinski definition) is 2. The highest BCUT2D eigenvalue weighted by Gasteiger charge is 2.06. The van der Waals surface area contributed by atoms with Crippen LogP contribution < -0.4 is 15.8 Å². The van der Waals surface area contributed by atoms with Crippen molar-refractivity contribution in [2.24, 2.45) is 10.7 Å². The van der Waals surface area contributed by atoms with Crippen molar-refractivity contribution in [3.8, 4) is 5.75 Å². The molecule has 0 aliphatic carbocycles. The summed E-state index contributed by atoms with van der Waals surface area (Å²) in [5, 5.41) is 3.03. The van der Waals surface area contributed by atoms with Crippen molar-refractivity contribution in [2.45, 2.75) is 31.3 Å². The highest BCUT2D eigenvalue weighted by atomic mass is 32.2. The summed E-state index contributed by atoms with van der Waals surface area (Å²) in [6.45, 7) is 4.46. The molecule has 0 atom stereocenters. The van der Waals surface area contributed by atoms with Gasteiger partial charge in [0.2, 0.25) is 0 Å². The lowest BCUT2D eigenvalue weighted by molar-refractivity contribution is 0.242. The van der Waals surface area contributed by atoms with E-state index < -0.39 is 9.84 Å². The van der Waals surface area contributed by atoms with Crippen LogP contribution in [0, 0.1) is 0 Å². The number of ether oxygens (including phenoxy) is 1. The fourth-order valence-corrected chi connectivity index (χ4v) is 2.92. The number of anilines is 1. The molecule has 0 radical (unpaired) electrons. The van der Waals surface area contributed by atoms with Crippen molar-refractivity contribution >= 4 is 21.5 Å². The fourth-order valence-electron chi connectivity index (χ4n) is 2.29. The first-order chi connectivity index (χ1) is 12.2. The minimum absolute atomic E-state index is 0.131. The van der Waals surface area contributed by atoms with Gasteiger partial charge < -0.3 is 15.8 Å². The van der Waals surface area contributed by atoms with Gasteiger partial charge in [-0.1, -0.05) is 12.1 Å². The molecular formula is C19H25N3O3S. The van der Waals surface area contributed by atoms with Crippen LogP contribution >= 0.6 is 0 Å². The molecular weight excluding hydrogens is 350 g/mol. The van der Waals surface area contributed by atoms with Crippen molar-refractivity contribution in [3.05, 3.63) is 54.1 Å². The summed E-state index contributed by atoms with van der Waals surface area (Å²) in [5.41, 5.74) is 7.74. The van der Waals surface area contributed by atoms with Crippen LogP contribution in [-0.2, 0) is 16.3 Å². The minimum Gasteiger partial charge on any atom is -0.491 e. The quantitative estimate of drug-likeness (QED) is 0.573. The molecule has 140 valence electrons. The second kappa shape index (κ2) is 8.71. The molecule has 0 saturated heterocycles. The van der Waals surface area contributed by atoms with Crippen molar-refractivity contribution in [1.29, 1.82) is 0 Å². The zero-order chi connectivity index (χ0) is 19.2. The maximum atomic E-state index is 11.4. The molecule has 0 unspecified atom stereocenters. The average Bonchev–Trinajstić information content (AvgIpc) is 2.56. The van der Waals surface area contributed by atoms with E-state index in [-0.39, 0.29) is 6.10 Å². The molecule has 0 aliphatic heterocycles. The van der Waals surface area contributed by atoms with Gasteiger partial charge >= 0.3 is 0 Å². The van der Waals surface area contributed by atoms with Gasteiger partial charge in [0.25, 0.3) is 0 Å². The topological polar surface area (TPSA) is 93.8 Å². The number of nitrogens with two attached hydrogens (primary N) is 1. The first-order valence-corrected chi connectivity index (χ1v) is 10.3. The molecule has 0 amide bonds. The number of benzene rings is 2. The largest absolute Gasteiger partial charge is 0.491 e. The van der Waals surface area contributed by atoms with Gasteiger partial charge in [-0.3, -0.25) is 4.99 Å². The second-order valence-corrected chi connectivity index (χ2v) is 8.26. The molecule has 6 nitrogen and oxygen atoms in total. The van der Waals surface area contributed by atoms with Gasteiger partial charge in [0.15, 0.2) is 15.8 Å². The predicted octanol–water partition coefficient (Wildman–Crippen LogP) is 2.85. The SMILES string of the molecule is CC(C)Oc1ccc(NC(N)=NCCc2ccc(S(C)(=O)=O)cc2)cc1. The number of nitrogens with zero attached hydrogens (tertiary/aromatic N) is 1. The number of nitrogens with one attached hydrogen (secondary N) is 1. The van der Waals surface area contributed by atoms with Crippen LogP contribution in [0.1, 0.15) is 19.4 Å². The predicted molar refractivity (Wildman–Crippen MR) is 106 cm³/mol. The Labute approximate surface area is 155 Å². The van der Waals surface area contributed by atoms with Crippen LogP contribution in [0.25, 0.3) is 0 Å². The van der Waals surface area contributed by atoms with Crippen molar-refractivity contribution in [2.75, 3.05) is 18.1 Å². The molecule has 0 aliphatic rings. The third kappa shape index (κ3) is 6.40. The molecule has 0 heterocycles. The Morgan fingerprint density at radius 2 is 1.73 bits per heavy atom. The normalized spacial score (nSPS) is 12.2. The maximum Gasteiger partial charge on any atom is 0.193 e. The van der Waals surface area contributed by atoms with Crippen molar-refractivity contribution in [1.82, 2.24) is 0 Å². The number of aliphatic imine (C=N–C) groups is 1. The summed E-state index contributed by atoms with van der Waals surface area (Å²) in [5.74, 6) is 1.13. The third-order valence-corrected chi connectivity index (χ3v) is 4.66. The van der Waals surface area contributed by atoms with Gasteiger partial charge in [-0.2, -0.15) is 0 Å². The fraction of sp³-hybridized carbons (Fsp3) is 0.316. The molecule has 3 N–H and O–H groups in total. The first kappa shape index (κ1) is 19.8. The summed E-state index contributed by atoms with van der Waals surface area (Å²) in [6.07, 6.45) is 2.00. The zero-order valence-corrected chi connectivity index (χ0v) is 16.1. The Bertz CT molecular complexity index is 843. The van der Waals surface area contributed by atoms with Crippen LogP contribution in [0.2, 0.25) is 0 Å². The molecule has 0 fully saturated rings. The van der Waals surface area contributed by atoms with E-state index in [0.717, 1.165) is 17.0 Å². The average molecular weight is 375 g/mol. The standard InChI is InChI=1S/C19H25N3O3S/c1-14(2)25-17-8-6-16(7-9-17)22-19(20)21-13-12-15-4-10-18(11-5-15)26(3,23)24/h4-11,14H,12-13H2,1-3H3,(H3,20,21,22). The number of sulfone groups is 1. The van der Waals surface area contributed by atoms with E-state index in [1.807, 2.05) is 38.1 Å². The molecule has 0 aromatic heterocycles. The lowest BCUT2D eigenvalue weighted by atomic mass is 10.1. The molecule has 2 aromatic rings. The Morgan fingerprint density at radius 3 is 2.27 bits per heavy atom. The Balaban J connectivity index is 1.86. The van der Waals surface area contributed by atoms with Gasteiger partial charge in [0, 0.05) is 18.5 Å². The van der Waals surface area contributed by atoms with E-state index >= 15 is 0 Å². The highest BCUT2D eigenvalue weighted by Crippen LogP contribution is 2.16. The van der Waals surface area contributed by atoms with Gasteiger partial charge in [0.1, 0.15) is 5.75 Å². The summed E-state index contributed by atoms with van der Waals surface area (Å²) < 4.78 is 28.5. The Kier molecular flexibility index (Phi) is 6.63. The lowest BCUT2D eigenvalue weighted by Gasteiger charge is -2.11. The van der Waals surface area contributed by atoms with Crippen LogP contribution in [0.4, 0.5) is 5.69 Å². The molecule has 2 aromatic carbocycles. The smallest absolute Gasteiger partial charge is 0.193 e. The first-order valence-electron chi connectivity index (χ1n) is 8.37. The van der Waals surface area contributed by atoms with E-state index in [0.29, 0.717) is 23.8 Å². The van der Waals surface area contributed by atoms with Crippen molar-refractivity contribution in [3.63, 3.8) is 0 Å². The van der Waals surface area contributed by atoms with Crippen LogP contribution in [-0.4, -0.2) is 33.3 Å². The number of hydrogen-bond acceptors (Lipinski definition) is 4. The van der Waals surface area contributed by atoms with Gasteiger partial charge in [-0.15, -0.1) is 0 Å². The van der Waals surface area contributed by atoms with Crippen LogP contribution in [0.3, 0.4) is 0 Å². The monoisotopic (exact) mass is 375 g/mol. The lowest BCUT2D eigenvalue weighted by Crippen LogP contribution is -2.23. The zero-order valence-electron chi connectivity index (χ0n) is 15.3. The second-order valence-electron chi connectivity index (χ2n) is 6.25. The van der Waals surface area contributed by atoms with E-state index in [1.54, 1.807) is 24.3 Å². The Morgan fingerprint density at radius 1 is 1.12 bits per heavy atom. The van der Waals surface area contributed by atoms with E-state index in [4.69, 9.17) is 10.5 Å². The molecule has 0 bridgehead atoms. The summed E-state index contributed by atoms with van der Waals surface area (Å²) in [4.78, 5) is 4.61. The van der Waals surface area contributed by atoms with Gasteiger partial charge in [-0.05, 0) is 62.2 Å². The summed E-state index contributed by atoms with van der Waals surface area (Å²) >= 11 is 0. The molecule has 7 heteroatoms. The minimum atomic E-state index is -3.16. The summed E-state index contributed by atoms with van der Waals surface area (Å²) in [7, 11) is -3.16. The van der Waals surface area contributed by atoms with Gasteiger partial charge in [-0.25, -0.2) is 8.42 Å². The third-order valence-electron chi connectivity index (χ3n) is 3.53. The van der Waals surface area contributed by atoms with E-state index in [9.17, 15) is 8.42 Å². The van der Waals surface area contributed by atoms with Crippen LogP contribution in [0.15, 0.2) is 58.4 Å². The molecule has 0 saturated carbocycles. The maximum absolute atomic E-state index is 11.4. The van der Waals surface area contributed by atoms with E-state index in [1.165, 1.54) is 6.26 Å². The Hall–Kier alpha value is -2.54. The van der Waals surface area contributed by atoms with Gasteiger partial charge in [0.05, 0.1) is 11.0 Å². The van der Waals surface area contributed by atoms with Crippen LogP contribution in [0.5, 0.6) is 5.75 Å². The molecule has 0 spiro atoms. The van der Waals surface area contributed by atoms with Crippen molar-refractivity contribution < 1.29 is 13.2 Å². The molecule has 2 rings (SSSR count). The number of guanidine groups is 1. The highest BCUT2D eigenvalue weighted by molar-refractivity contribution is 7.90. The van der Waals surface area contributed by atoms with E-state index in [2.05, 4.69) is 10.3 Å². The number of rotatable bonds is 7. The molecule has 26 heavy (non-hydrogen) atoms. The summed E-state index contributed by atoms with van der Waals surface area (Å²) in [6, 6.07) is 14.3.